The van der Waals surface area contributed by atoms with Crippen molar-refractivity contribution in [2.24, 2.45) is 0 Å². The number of carbonyl (C=O) groups excluding carboxylic acids is 1. The summed E-state index contributed by atoms with van der Waals surface area (Å²) in [4.78, 5) is 30.9. The molecular weight excluding hydrogens is 430 g/mol. The summed E-state index contributed by atoms with van der Waals surface area (Å²) >= 11 is 0. The second-order valence-corrected chi connectivity index (χ2v) is 9.01. The van der Waals surface area contributed by atoms with Crippen molar-refractivity contribution in [1.82, 2.24) is 15.2 Å². The summed E-state index contributed by atoms with van der Waals surface area (Å²) in [5, 5.41) is 12.8. The third-order valence-corrected chi connectivity index (χ3v) is 5.30. The van der Waals surface area contributed by atoms with E-state index in [1.807, 2.05) is 60.7 Å². The van der Waals surface area contributed by atoms with E-state index in [9.17, 15) is 14.7 Å². The molecule has 1 aromatic heterocycles. The quantitative estimate of drug-likeness (QED) is 0.483. The number of nitrogens with one attached hydrogen (secondary N) is 1. The number of ether oxygens (including phenoxy) is 1. The predicted molar refractivity (Wildman–Crippen MR) is 130 cm³/mol. The van der Waals surface area contributed by atoms with Gasteiger partial charge in [-0.1, -0.05) is 60.7 Å². The molecule has 3 aromatic rings. The molecule has 0 fully saturated rings. The summed E-state index contributed by atoms with van der Waals surface area (Å²) in [6.45, 7) is 6.04. The zero-order chi connectivity index (χ0) is 24.6. The van der Waals surface area contributed by atoms with Crippen LogP contribution in [-0.2, 0) is 24.4 Å². The van der Waals surface area contributed by atoms with Gasteiger partial charge in [-0.3, -0.25) is 14.7 Å². The van der Waals surface area contributed by atoms with Crippen LogP contribution in [-0.4, -0.2) is 38.6 Å². The van der Waals surface area contributed by atoms with Gasteiger partial charge in [0.1, 0.15) is 18.4 Å². The first-order valence-corrected chi connectivity index (χ1v) is 11.2. The van der Waals surface area contributed by atoms with Gasteiger partial charge in [-0.05, 0) is 44.0 Å². The second kappa shape index (κ2) is 11.3. The van der Waals surface area contributed by atoms with Crippen LogP contribution in [0.1, 0.15) is 37.6 Å². The van der Waals surface area contributed by atoms with E-state index in [1.54, 1.807) is 39.1 Å². The molecule has 0 aliphatic heterocycles. The van der Waals surface area contributed by atoms with Crippen molar-refractivity contribution >= 4 is 12.0 Å². The van der Waals surface area contributed by atoms with E-state index in [4.69, 9.17) is 4.74 Å². The van der Waals surface area contributed by atoms with Gasteiger partial charge >= 0.3 is 6.09 Å². The summed E-state index contributed by atoms with van der Waals surface area (Å²) in [5.74, 6) is 0.232. The largest absolute Gasteiger partial charge is 0.487 e. The van der Waals surface area contributed by atoms with Crippen LogP contribution in [0.4, 0.5) is 4.79 Å². The molecule has 0 spiro atoms. The highest BCUT2D eigenvalue weighted by Gasteiger charge is 2.37. The molecule has 7 heteroatoms. The fraction of sp³-hybridized carbons (Fsp3) is 0.296. The number of benzene rings is 2. The Morgan fingerprint density at radius 1 is 0.971 bits per heavy atom. The zero-order valence-corrected chi connectivity index (χ0v) is 19.8. The molecule has 178 valence electrons. The van der Waals surface area contributed by atoms with Crippen molar-refractivity contribution in [2.45, 2.75) is 51.9 Å². The fourth-order valence-corrected chi connectivity index (χ4v) is 3.65. The van der Waals surface area contributed by atoms with Gasteiger partial charge in [-0.25, -0.2) is 4.79 Å². The molecule has 34 heavy (non-hydrogen) atoms. The predicted octanol–water partition coefficient (Wildman–Crippen LogP) is 4.67. The second-order valence-electron chi connectivity index (χ2n) is 9.01. The normalized spacial score (nSPS) is 12.0. The molecule has 2 amide bonds. The molecule has 2 aromatic carbocycles. The van der Waals surface area contributed by atoms with Crippen LogP contribution >= 0.6 is 0 Å². The highest BCUT2D eigenvalue weighted by atomic mass is 16.5. The van der Waals surface area contributed by atoms with Gasteiger partial charge < -0.3 is 15.2 Å². The number of nitrogens with zero attached hydrogens (tertiary/aromatic N) is 2. The third-order valence-electron chi connectivity index (χ3n) is 5.30. The molecular formula is C27H31N3O4. The lowest BCUT2D eigenvalue weighted by Crippen LogP contribution is -2.57. The molecule has 0 radical (unpaired) electrons. The number of pyridine rings is 1. The van der Waals surface area contributed by atoms with Crippen LogP contribution in [0.3, 0.4) is 0 Å². The van der Waals surface area contributed by atoms with E-state index in [2.05, 4.69) is 10.3 Å². The van der Waals surface area contributed by atoms with Gasteiger partial charge in [0.25, 0.3) is 0 Å². The molecule has 0 aliphatic rings. The maximum absolute atomic E-state index is 13.2. The molecule has 2 N–H and O–H groups in total. The van der Waals surface area contributed by atoms with Crippen molar-refractivity contribution < 1.29 is 19.4 Å². The molecule has 7 nitrogen and oxygen atoms in total. The van der Waals surface area contributed by atoms with E-state index >= 15 is 0 Å². The van der Waals surface area contributed by atoms with Crippen LogP contribution in [0.2, 0.25) is 0 Å². The maximum Gasteiger partial charge on any atom is 0.408 e. The Balaban J connectivity index is 1.73. The minimum Gasteiger partial charge on any atom is -0.487 e. The SMILES string of the molecule is CC(C)(C)N(C(=O)O)C(Cc1ccc(OCc2ccccc2)cn1)C(=O)NCc1ccccc1. The number of carbonyl (C=O) groups is 2. The molecule has 0 bridgehead atoms. The lowest BCUT2D eigenvalue weighted by molar-refractivity contribution is -0.127. The first kappa shape index (κ1) is 24.8. The molecule has 1 heterocycles. The van der Waals surface area contributed by atoms with Gasteiger partial charge in [0, 0.05) is 24.2 Å². The maximum atomic E-state index is 13.2. The summed E-state index contributed by atoms with van der Waals surface area (Å²) in [5.41, 5.74) is 1.80. The number of amides is 2. The Labute approximate surface area is 200 Å². The van der Waals surface area contributed by atoms with E-state index in [-0.39, 0.29) is 12.3 Å². The number of hydrogen-bond acceptors (Lipinski definition) is 4. The average molecular weight is 462 g/mol. The molecule has 0 saturated carbocycles. The van der Waals surface area contributed by atoms with Crippen LogP contribution in [0, 0.1) is 0 Å². The van der Waals surface area contributed by atoms with E-state index in [0.717, 1.165) is 11.1 Å². The Hall–Kier alpha value is -3.87. The van der Waals surface area contributed by atoms with Gasteiger partial charge in [-0.2, -0.15) is 0 Å². The number of aromatic nitrogens is 1. The van der Waals surface area contributed by atoms with E-state index in [1.165, 1.54) is 4.90 Å². The summed E-state index contributed by atoms with van der Waals surface area (Å²) in [6.07, 6.45) is 0.581. The smallest absolute Gasteiger partial charge is 0.408 e. The van der Waals surface area contributed by atoms with Crippen molar-refractivity contribution in [1.29, 1.82) is 0 Å². The first-order chi connectivity index (χ1) is 16.2. The number of rotatable bonds is 9. The molecule has 0 saturated heterocycles. The average Bonchev–Trinajstić information content (AvgIpc) is 2.82. The van der Waals surface area contributed by atoms with Gasteiger partial charge in [0.2, 0.25) is 5.91 Å². The Kier molecular flexibility index (Phi) is 8.24. The van der Waals surface area contributed by atoms with Crippen LogP contribution in [0.15, 0.2) is 79.0 Å². The minimum absolute atomic E-state index is 0.142. The number of hydrogen-bond donors (Lipinski definition) is 2. The van der Waals surface area contributed by atoms with Crippen LogP contribution in [0.5, 0.6) is 5.75 Å². The van der Waals surface area contributed by atoms with Gasteiger partial charge in [0.15, 0.2) is 0 Å². The van der Waals surface area contributed by atoms with Crippen molar-refractivity contribution in [2.75, 3.05) is 0 Å². The number of carboxylic acid groups (broad SMARTS) is 1. The summed E-state index contributed by atoms with van der Waals surface area (Å²) in [7, 11) is 0. The van der Waals surface area contributed by atoms with E-state index in [0.29, 0.717) is 24.6 Å². The standard InChI is InChI=1S/C27H31N3O4/c1-27(2,3)30(26(32)33)24(25(31)29-17-20-10-6-4-7-11-20)16-22-14-15-23(18-28-22)34-19-21-12-8-5-9-13-21/h4-15,18,24H,16-17,19H2,1-3H3,(H,29,31)(H,32,33). The van der Waals surface area contributed by atoms with Crippen LogP contribution in [0.25, 0.3) is 0 Å². The molecule has 0 aliphatic carbocycles. The van der Waals surface area contributed by atoms with Gasteiger partial charge in [0.05, 0.1) is 6.20 Å². The Morgan fingerprint density at radius 2 is 1.59 bits per heavy atom. The van der Waals surface area contributed by atoms with Crippen molar-refractivity contribution in [3.8, 4) is 5.75 Å². The fourth-order valence-electron chi connectivity index (χ4n) is 3.65. The highest BCUT2D eigenvalue weighted by molar-refractivity contribution is 5.86. The van der Waals surface area contributed by atoms with Crippen molar-refractivity contribution in [3.05, 3.63) is 95.8 Å². The van der Waals surface area contributed by atoms with E-state index < -0.39 is 17.7 Å². The highest BCUT2D eigenvalue weighted by Crippen LogP contribution is 2.21. The summed E-state index contributed by atoms with van der Waals surface area (Å²) < 4.78 is 5.78. The topological polar surface area (TPSA) is 91.8 Å². The zero-order valence-electron chi connectivity index (χ0n) is 19.8. The van der Waals surface area contributed by atoms with Crippen molar-refractivity contribution in [3.63, 3.8) is 0 Å². The summed E-state index contributed by atoms with van der Waals surface area (Å²) in [6, 6.07) is 21.9. The van der Waals surface area contributed by atoms with Crippen LogP contribution < -0.4 is 10.1 Å². The third kappa shape index (κ3) is 7.07. The lowest BCUT2D eigenvalue weighted by atomic mass is 9.99. The molecule has 1 atom stereocenters. The minimum atomic E-state index is -1.16. The molecule has 3 rings (SSSR count). The monoisotopic (exact) mass is 461 g/mol. The first-order valence-electron chi connectivity index (χ1n) is 11.2. The van der Waals surface area contributed by atoms with Gasteiger partial charge in [-0.15, -0.1) is 0 Å². The molecule has 1 unspecified atom stereocenters. The Morgan fingerprint density at radius 3 is 2.12 bits per heavy atom. The Bertz CT molecular complexity index is 1060. The lowest BCUT2D eigenvalue weighted by Gasteiger charge is -2.38.